The molecule has 17 heavy (non-hydrogen) atoms. The SMILES string of the molecule is [N-]=[N+]=Nc1cccc(OCCCOC(N)=O)c1. The third kappa shape index (κ3) is 5.29. The van der Waals surface area contributed by atoms with E-state index >= 15 is 0 Å². The van der Waals surface area contributed by atoms with E-state index in [1.165, 1.54) is 0 Å². The number of nitrogens with two attached hydrogens (primary N) is 1. The van der Waals surface area contributed by atoms with Crippen LogP contribution in [0.15, 0.2) is 29.4 Å². The fourth-order valence-electron chi connectivity index (χ4n) is 1.11. The van der Waals surface area contributed by atoms with Crippen LogP contribution in [0.1, 0.15) is 6.42 Å². The molecular weight excluding hydrogens is 224 g/mol. The van der Waals surface area contributed by atoms with Crippen molar-refractivity contribution in [2.45, 2.75) is 6.42 Å². The summed E-state index contributed by atoms with van der Waals surface area (Å²) in [5, 5.41) is 3.45. The van der Waals surface area contributed by atoms with Crippen molar-refractivity contribution in [2.24, 2.45) is 10.8 Å². The van der Waals surface area contributed by atoms with Crippen molar-refractivity contribution in [2.75, 3.05) is 13.2 Å². The average molecular weight is 236 g/mol. The minimum absolute atomic E-state index is 0.214. The first-order valence-electron chi connectivity index (χ1n) is 4.92. The predicted molar refractivity (Wildman–Crippen MR) is 60.9 cm³/mol. The summed E-state index contributed by atoms with van der Waals surface area (Å²) in [6.07, 6.45) is -0.260. The molecule has 7 nitrogen and oxygen atoms in total. The van der Waals surface area contributed by atoms with Crippen LogP contribution in [0.2, 0.25) is 0 Å². The molecule has 1 rings (SSSR count). The maximum atomic E-state index is 10.3. The van der Waals surface area contributed by atoms with Crippen LogP contribution in [0.25, 0.3) is 10.4 Å². The van der Waals surface area contributed by atoms with E-state index in [1.807, 2.05) is 0 Å². The van der Waals surface area contributed by atoms with Gasteiger partial charge >= 0.3 is 6.09 Å². The number of primary amides is 1. The molecule has 7 heteroatoms. The molecule has 1 aromatic carbocycles. The van der Waals surface area contributed by atoms with Crippen molar-refractivity contribution in [3.8, 4) is 5.75 Å². The highest BCUT2D eigenvalue weighted by Gasteiger charge is 1.97. The van der Waals surface area contributed by atoms with Crippen LogP contribution in [0.5, 0.6) is 5.75 Å². The van der Waals surface area contributed by atoms with Gasteiger partial charge in [0.1, 0.15) is 5.75 Å². The molecule has 0 spiro atoms. The van der Waals surface area contributed by atoms with Crippen LogP contribution < -0.4 is 10.5 Å². The van der Waals surface area contributed by atoms with Crippen molar-refractivity contribution >= 4 is 11.8 Å². The Hall–Kier alpha value is -2.40. The van der Waals surface area contributed by atoms with Gasteiger partial charge in [-0.1, -0.05) is 17.2 Å². The van der Waals surface area contributed by atoms with Crippen molar-refractivity contribution in [1.82, 2.24) is 0 Å². The Bertz CT molecular complexity index is 429. The van der Waals surface area contributed by atoms with E-state index in [9.17, 15) is 4.79 Å². The van der Waals surface area contributed by atoms with Crippen molar-refractivity contribution < 1.29 is 14.3 Å². The number of amides is 1. The maximum Gasteiger partial charge on any atom is 0.404 e. The molecule has 2 N–H and O–H groups in total. The van der Waals surface area contributed by atoms with Crippen molar-refractivity contribution in [1.29, 1.82) is 0 Å². The van der Waals surface area contributed by atoms with E-state index in [0.717, 1.165) is 0 Å². The Labute approximate surface area is 97.8 Å². The van der Waals surface area contributed by atoms with Gasteiger partial charge in [0, 0.05) is 17.0 Å². The fourth-order valence-corrected chi connectivity index (χ4v) is 1.11. The summed E-state index contributed by atoms with van der Waals surface area (Å²) in [7, 11) is 0. The lowest BCUT2D eigenvalue weighted by Crippen LogP contribution is -2.15. The summed E-state index contributed by atoms with van der Waals surface area (Å²) in [6.45, 7) is 0.596. The van der Waals surface area contributed by atoms with Gasteiger partial charge in [-0.25, -0.2) is 4.79 Å². The lowest BCUT2D eigenvalue weighted by molar-refractivity contribution is 0.147. The van der Waals surface area contributed by atoms with Gasteiger partial charge in [0.2, 0.25) is 0 Å². The molecule has 0 bridgehead atoms. The fraction of sp³-hybridized carbons (Fsp3) is 0.300. The highest BCUT2D eigenvalue weighted by atomic mass is 16.5. The number of ether oxygens (including phenoxy) is 2. The summed E-state index contributed by atoms with van der Waals surface area (Å²) in [6, 6.07) is 6.75. The molecule has 0 aromatic heterocycles. The zero-order valence-corrected chi connectivity index (χ0v) is 9.07. The molecule has 0 saturated carbocycles. The Morgan fingerprint density at radius 2 is 2.29 bits per heavy atom. The molecule has 0 radical (unpaired) electrons. The number of carbonyl (C=O) groups is 1. The zero-order chi connectivity index (χ0) is 12.5. The maximum absolute atomic E-state index is 10.3. The summed E-state index contributed by atoms with van der Waals surface area (Å²) in [4.78, 5) is 12.9. The summed E-state index contributed by atoms with van der Waals surface area (Å²) in [5.41, 5.74) is 13.5. The number of rotatable bonds is 6. The van der Waals surface area contributed by atoms with Crippen LogP contribution in [0.3, 0.4) is 0 Å². The van der Waals surface area contributed by atoms with Crippen molar-refractivity contribution in [3.63, 3.8) is 0 Å². The first-order valence-corrected chi connectivity index (χ1v) is 4.92. The summed E-state index contributed by atoms with van der Waals surface area (Å²) < 4.78 is 9.89. The van der Waals surface area contributed by atoms with Crippen LogP contribution in [0, 0.1) is 0 Å². The topological polar surface area (TPSA) is 110 Å². The summed E-state index contributed by atoms with van der Waals surface area (Å²) >= 11 is 0. The molecule has 1 aromatic rings. The standard InChI is InChI=1S/C10H12N4O3/c11-10(15)17-6-2-5-16-9-4-1-3-8(7-9)13-14-12/h1,3-4,7H,2,5-6H2,(H2,11,15). The van der Waals surface area contributed by atoms with Crippen molar-refractivity contribution in [3.05, 3.63) is 34.7 Å². The smallest absolute Gasteiger partial charge is 0.404 e. The number of carbonyl (C=O) groups excluding carboxylic acids is 1. The van der Waals surface area contributed by atoms with Gasteiger partial charge in [-0.2, -0.15) is 0 Å². The van der Waals surface area contributed by atoms with E-state index in [1.54, 1.807) is 24.3 Å². The molecule has 0 atom stereocenters. The average Bonchev–Trinajstić information content (AvgIpc) is 2.29. The molecular formula is C10H12N4O3. The third-order valence-electron chi connectivity index (χ3n) is 1.78. The van der Waals surface area contributed by atoms with Gasteiger partial charge in [0.05, 0.1) is 13.2 Å². The molecule has 0 aliphatic rings. The van der Waals surface area contributed by atoms with E-state index in [2.05, 4.69) is 14.8 Å². The van der Waals surface area contributed by atoms with Crippen LogP contribution in [-0.4, -0.2) is 19.3 Å². The van der Waals surface area contributed by atoms with Crippen LogP contribution >= 0.6 is 0 Å². The molecule has 0 saturated heterocycles. The number of benzene rings is 1. The Morgan fingerprint density at radius 3 is 3.00 bits per heavy atom. The van der Waals surface area contributed by atoms with Gasteiger partial charge < -0.3 is 15.2 Å². The first-order chi connectivity index (χ1) is 8.22. The van der Waals surface area contributed by atoms with Gasteiger partial charge in [0.25, 0.3) is 0 Å². The highest BCUT2D eigenvalue weighted by molar-refractivity contribution is 5.64. The van der Waals surface area contributed by atoms with Crippen LogP contribution in [-0.2, 0) is 4.74 Å². The van der Waals surface area contributed by atoms with Gasteiger partial charge in [-0.3, -0.25) is 0 Å². The molecule has 0 aliphatic carbocycles. The van der Waals surface area contributed by atoms with E-state index in [0.29, 0.717) is 24.5 Å². The van der Waals surface area contributed by atoms with Gasteiger partial charge in [-0.05, 0) is 17.7 Å². The zero-order valence-electron chi connectivity index (χ0n) is 9.07. The van der Waals surface area contributed by atoms with Gasteiger partial charge in [0.15, 0.2) is 0 Å². The molecule has 0 fully saturated rings. The normalized spacial score (nSPS) is 9.18. The molecule has 90 valence electrons. The second-order valence-electron chi connectivity index (χ2n) is 3.06. The van der Waals surface area contributed by atoms with Gasteiger partial charge in [-0.15, -0.1) is 0 Å². The Morgan fingerprint density at radius 1 is 1.47 bits per heavy atom. The van der Waals surface area contributed by atoms with E-state index in [4.69, 9.17) is 16.0 Å². The second-order valence-corrected chi connectivity index (χ2v) is 3.06. The predicted octanol–water partition coefficient (Wildman–Crippen LogP) is 2.49. The lowest BCUT2D eigenvalue weighted by atomic mass is 10.3. The third-order valence-corrected chi connectivity index (χ3v) is 1.78. The Kier molecular flexibility index (Phi) is 5.19. The quantitative estimate of drug-likeness (QED) is 0.354. The van der Waals surface area contributed by atoms with E-state index < -0.39 is 6.09 Å². The number of azide groups is 1. The summed E-state index contributed by atoms with van der Waals surface area (Å²) in [5.74, 6) is 0.592. The minimum Gasteiger partial charge on any atom is -0.493 e. The second kappa shape index (κ2) is 6.97. The van der Waals surface area contributed by atoms with Crippen LogP contribution in [0.4, 0.5) is 10.5 Å². The molecule has 0 heterocycles. The van der Waals surface area contributed by atoms with E-state index in [-0.39, 0.29) is 6.61 Å². The molecule has 1 amide bonds. The monoisotopic (exact) mass is 236 g/mol. The number of hydrogen-bond donors (Lipinski definition) is 1. The molecule has 0 unspecified atom stereocenters. The molecule has 0 aliphatic heterocycles. The number of nitrogens with zero attached hydrogens (tertiary/aromatic N) is 3. The highest BCUT2D eigenvalue weighted by Crippen LogP contribution is 2.19. The Balaban J connectivity index is 2.33. The number of hydrogen-bond acceptors (Lipinski definition) is 4. The largest absolute Gasteiger partial charge is 0.493 e. The first kappa shape index (κ1) is 12.7. The minimum atomic E-state index is -0.796. The lowest BCUT2D eigenvalue weighted by Gasteiger charge is -2.06.